The first-order valence-corrected chi connectivity index (χ1v) is 7.81. The van der Waals surface area contributed by atoms with E-state index >= 15 is 0 Å². The molecule has 1 amide bonds. The highest BCUT2D eigenvalue weighted by Crippen LogP contribution is 2.21. The Morgan fingerprint density at radius 2 is 1.69 bits per heavy atom. The van der Waals surface area contributed by atoms with Crippen LogP contribution in [0.2, 0.25) is 0 Å². The van der Waals surface area contributed by atoms with Crippen molar-refractivity contribution >= 4 is 17.6 Å². The van der Waals surface area contributed by atoms with Crippen LogP contribution in [0.4, 0.5) is 5.69 Å². The zero-order valence-electron chi connectivity index (χ0n) is 14.3. The quantitative estimate of drug-likeness (QED) is 0.715. The molecule has 0 aliphatic rings. The van der Waals surface area contributed by atoms with Crippen LogP contribution in [0.3, 0.4) is 0 Å². The molecule has 0 saturated carbocycles. The zero-order chi connectivity index (χ0) is 18.5. The van der Waals surface area contributed by atoms with E-state index in [1.807, 2.05) is 30.3 Å². The van der Waals surface area contributed by atoms with E-state index in [0.29, 0.717) is 17.0 Å². The normalized spacial score (nSPS) is 10.2. The monoisotopic (exact) mass is 351 g/mol. The van der Waals surface area contributed by atoms with Gasteiger partial charge in [0.15, 0.2) is 11.4 Å². The molecule has 2 aromatic carbocycles. The standard InChI is InChI=1S/C19H17N3O4/c1-25-16-12-22(15-6-4-3-5-7-15)21-17(16)18(23)20-14-10-8-13(9-11-14)19(24)26-2/h3-12H,1-2H3,(H,20,23). The first-order chi connectivity index (χ1) is 12.6. The van der Waals surface area contributed by atoms with Crippen molar-refractivity contribution in [3.05, 3.63) is 72.1 Å². The number of nitrogens with zero attached hydrogens (tertiary/aromatic N) is 2. The fourth-order valence-corrected chi connectivity index (χ4v) is 2.38. The SMILES string of the molecule is COC(=O)c1ccc(NC(=O)c2nn(-c3ccccc3)cc2OC)cc1. The lowest BCUT2D eigenvalue weighted by atomic mass is 10.2. The Morgan fingerprint density at radius 1 is 1.00 bits per heavy atom. The summed E-state index contributed by atoms with van der Waals surface area (Å²) in [7, 11) is 2.79. The number of para-hydroxylation sites is 1. The van der Waals surface area contributed by atoms with Gasteiger partial charge in [-0.05, 0) is 36.4 Å². The third-order valence-electron chi connectivity index (χ3n) is 3.70. The number of benzene rings is 2. The van der Waals surface area contributed by atoms with Gasteiger partial charge in [0.1, 0.15) is 0 Å². The summed E-state index contributed by atoms with van der Waals surface area (Å²) < 4.78 is 11.5. The van der Waals surface area contributed by atoms with Gasteiger partial charge in [-0.3, -0.25) is 4.79 Å². The maximum absolute atomic E-state index is 12.6. The molecular formula is C19H17N3O4. The van der Waals surface area contributed by atoms with Crippen LogP contribution in [0.1, 0.15) is 20.8 Å². The van der Waals surface area contributed by atoms with Crippen LogP contribution in [0, 0.1) is 0 Å². The van der Waals surface area contributed by atoms with Crippen molar-refractivity contribution in [3.63, 3.8) is 0 Å². The zero-order valence-corrected chi connectivity index (χ0v) is 14.3. The summed E-state index contributed by atoms with van der Waals surface area (Å²) in [5.41, 5.74) is 1.90. The van der Waals surface area contributed by atoms with E-state index < -0.39 is 11.9 Å². The molecule has 3 aromatic rings. The van der Waals surface area contributed by atoms with Crippen molar-refractivity contribution in [1.82, 2.24) is 9.78 Å². The third-order valence-corrected chi connectivity index (χ3v) is 3.70. The van der Waals surface area contributed by atoms with Crippen molar-refractivity contribution < 1.29 is 19.1 Å². The van der Waals surface area contributed by atoms with Crippen LogP contribution in [-0.2, 0) is 4.74 Å². The van der Waals surface area contributed by atoms with E-state index in [9.17, 15) is 9.59 Å². The summed E-state index contributed by atoms with van der Waals surface area (Å²) in [5, 5.41) is 7.05. The molecule has 0 fully saturated rings. The predicted octanol–water partition coefficient (Wildman–Crippen LogP) is 2.92. The Kier molecular flexibility index (Phi) is 4.98. The second-order valence-electron chi connectivity index (χ2n) is 5.35. The second-order valence-corrected chi connectivity index (χ2v) is 5.35. The van der Waals surface area contributed by atoms with Gasteiger partial charge in [-0.25, -0.2) is 9.48 Å². The van der Waals surface area contributed by atoms with Gasteiger partial charge < -0.3 is 14.8 Å². The number of rotatable bonds is 5. The molecular weight excluding hydrogens is 334 g/mol. The number of anilines is 1. The van der Waals surface area contributed by atoms with E-state index in [1.165, 1.54) is 14.2 Å². The van der Waals surface area contributed by atoms with Gasteiger partial charge in [0.25, 0.3) is 5.91 Å². The summed E-state index contributed by atoms with van der Waals surface area (Å²) >= 11 is 0. The van der Waals surface area contributed by atoms with Crippen LogP contribution in [-0.4, -0.2) is 35.9 Å². The van der Waals surface area contributed by atoms with Gasteiger partial charge in [-0.1, -0.05) is 18.2 Å². The van der Waals surface area contributed by atoms with Gasteiger partial charge >= 0.3 is 5.97 Å². The molecule has 0 aliphatic carbocycles. The molecule has 0 spiro atoms. The average molecular weight is 351 g/mol. The minimum absolute atomic E-state index is 0.161. The maximum atomic E-state index is 12.6. The van der Waals surface area contributed by atoms with E-state index in [-0.39, 0.29) is 5.69 Å². The van der Waals surface area contributed by atoms with Crippen molar-refractivity contribution in [2.45, 2.75) is 0 Å². The van der Waals surface area contributed by atoms with Gasteiger partial charge in [0.2, 0.25) is 0 Å². The summed E-state index contributed by atoms with van der Waals surface area (Å²) in [4.78, 5) is 24.0. The Morgan fingerprint density at radius 3 is 2.31 bits per heavy atom. The fourth-order valence-electron chi connectivity index (χ4n) is 2.38. The minimum Gasteiger partial charge on any atom is -0.493 e. The molecule has 0 saturated heterocycles. The fraction of sp³-hybridized carbons (Fsp3) is 0.105. The number of amides is 1. The lowest BCUT2D eigenvalue weighted by Gasteiger charge is -2.05. The predicted molar refractivity (Wildman–Crippen MR) is 95.9 cm³/mol. The summed E-state index contributed by atoms with van der Waals surface area (Å²) in [6, 6.07) is 15.8. The molecule has 0 aliphatic heterocycles. The van der Waals surface area contributed by atoms with Crippen molar-refractivity contribution in [1.29, 1.82) is 0 Å². The molecule has 1 aromatic heterocycles. The minimum atomic E-state index is -0.439. The van der Waals surface area contributed by atoms with Gasteiger partial charge in [-0.15, -0.1) is 0 Å². The highest BCUT2D eigenvalue weighted by molar-refractivity contribution is 6.05. The van der Waals surface area contributed by atoms with Crippen LogP contribution in [0.15, 0.2) is 60.8 Å². The van der Waals surface area contributed by atoms with Crippen LogP contribution < -0.4 is 10.1 Å². The highest BCUT2D eigenvalue weighted by atomic mass is 16.5. The number of aromatic nitrogens is 2. The first-order valence-electron chi connectivity index (χ1n) is 7.81. The van der Waals surface area contributed by atoms with Crippen molar-refractivity contribution in [3.8, 4) is 11.4 Å². The lowest BCUT2D eigenvalue weighted by molar-refractivity contribution is 0.0600. The number of hydrogen-bond donors (Lipinski definition) is 1. The molecule has 0 atom stereocenters. The molecule has 1 heterocycles. The maximum Gasteiger partial charge on any atom is 0.337 e. The second kappa shape index (κ2) is 7.52. The van der Waals surface area contributed by atoms with Crippen molar-refractivity contribution in [2.24, 2.45) is 0 Å². The first kappa shape index (κ1) is 17.2. The third kappa shape index (κ3) is 3.56. The Balaban J connectivity index is 1.81. The number of hydrogen-bond acceptors (Lipinski definition) is 5. The van der Waals surface area contributed by atoms with Gasteiger partial charge in [0, 0.05) is 5.69 Å². The smallest absolute Gasteiger partial charge is 0.337 e. The van der Waals surface area contributed by atoms with Gasteiger partial charge in [0.05, 0.1) is 31.7 Å². The van der Waals surface area contributed by atoms with Crippen LogP contribution >= 0.6 is 0 Å². The Bertz CT molecular complexity index is 918. The molecule has 7 heteroatoms. The van der Waals surface area contributed by atoms with Crippen LogP contribution in [0.5, 0.6) is 5.75 Å². The molecule has 26 heavy (non-hydrogen) atoms. The number of esters is 1. The van der Waals surface area contributed by atoms with Gasteiger partial charge in [-0.2, -0.15) is 5.10 Å². The topological polar surface area (TPSA) is 82.5 Å². The number of nitrogens with one attached hydrogen (secondary N) is 1. The van der Waals surface area contributed by atoms with E-state index in [0.717, 1.165) is 5.69 Å². The summed E-state index contributed by atoms with van der Waals surface area (Å²) in [6.07, 6.45) is 1.64. The number of methoxy groups -OCH3 is 2. The molecule has 0 radical (unpaired) electrons. The molecule has 3 rings (SSSR count). The molecule has 0 bridgehead atoms. The number of ether oxygens (including phenoxy) is 2. The Labute approximate surface area is 150 Å². The largest absolute Gasteiger partial charge is 0.493 e. The summed E-state index contributed by atoms with van der Waals surface area (Å²) in [5.74, 6) is -0.494. The average Bonchev–Trinajstić information content (AvgIpc) is 3.13. The van der Waals surface area contributed by atoms with Crippen LogP contribution in [0.25, 0.3) is 5.69 Å². The van der Waals surface area contributed by atoms with E-state index in [4.69, 9.17) is 4.74 Å². The van der Waals surface area contributed by atoms with Crippen molar-refractivity contribution in [2.75, 3.05) is 19.5 Å². The molecule has 1 N–H and O–H groups in total. The molecule has 132 valence electrons. The lowest BCUT2D eigenvalue weighted by Crippen LogP contribution is -2.14. The summed E-state index contributed by atoms with van der Waals surface area (Å²) in [6.45, 7) is 0. The Hall–Kier alpha value is -3.61. The molecule has 7 nitrogen and oxygen atoms in total. The molecule has 0 unspecified atom stereocenters. The number of carbonyl (C=O) groups is 2. The van der Waals surface area contributed by atoms with E-state index in [1.54, 1.807) is 35.1 Å². The number of carbonyl (C=O) groups excluding carboxylic acids is 2. The highest BCUT2D eigenvalue weighted by Gasteiger charge is 2.18. The van der Waals surface area contributed by atoms with E-state index in [2.05, 4.69) is 15.2 Å².